The van der Waals surface area contributed by atoms with Gasteiger partial charge in [0.1, 0.15) is 5.75 Å². The van der Waals surface area contributed by atoms with Crippen LogP contribution in [0.2, 0.25) is 0 Å². The Kier molecular flexibility index (Phi) is 32.5. The van der Waals surface area contributed by atoms with Crippen molar-refractivity contribution in [3.8, 4) is 5.75 Å². The van der Waals surface area contributed by atoms with Crippen LogP contribution in [0.15, 0.2) is 12.1 Å². The van der Waals surface area contributed by atoms with Crippen molar-refractivity contribution in [3.63, 3.8) is 0 Å². The Hall–Kier alpha value is -0.810. The summed E-state index contributed by atoms with van der Waals surface area (Å²) in [7, 11) is 0. The van der Waals surface area contributed by atoms with E-state index in [1.165, 1.54) is 186 Å². The molecule has 1 rings (SSSR count). The second-order valence-electron chi connectivity index (χ2n) is 17.7. The minimum absolute atomic E-state index is 0.111. The number of phenolic OH excluding ortho intramolecular Hbond substituents is 1. The van der Waals surface area contributed by atoms with E-state index in [9.17, 15) is 15.0 Å². The van der Waals surface area contributed by atoms with Crippen molar-refractivity contribution in [1.29, 1.82) is 0 Å². The lowest BCUT2D eigenvalue weighted by molar-refractivity contribution is -0.141. The molecule has 0 aromatic heterocycles. The van der Waals surface area contributed by atoms with Crippen molar-refractivity contribution < 1.29 is 15.0 Å². The van der Waals surface area contributed by atoms with Crippen LogP contribution in [0.25, 0.3) is 0 Å². The van der Waals surface area contributed by atoms with Crippen molar-refractivity contribution in [2.75, 3.05) is 17.3 Å². The first-order chi connectivity index (χ1) is 26.1. The van der Waals surface area contributed by atoms with Crippen molar-refractivity contribution in [2.45, 2.75) is 245 Å². The van der Waals surface area contributed by atoms with Gasteiger partial charge < -0.3 is 10.2 Å². The normalized spacial score (nSPS) is 13.1. The van der Waals surface area contributed by atoms with Crippen LogP contribution in [-0.4, -0.2) is 38.7 Å². The zero-order chi connectivity index (χ0) is 39.7. The maximum atomic E-state index is 12.9. The minimum atomic E-state index is -0.671. The number of aliphatic carboxylic acids is 1. The van der Waals surface area contributed by atoms with Crippen LogP contribution < -0.4 is 0 Å². The van der Waals surface area contributed by atoms with E-state index in [2.05, 4.69) is 40.7 Å². The molecule has 0 saturated carbocycles. The second-order valence-corrected chi connectivity index (χ2v) is 20.3. The number of thioether (sulfide) groups is 2. The first-order valence-corrected chi connectivity index (χ1v) is 25.6. The van der Waals surface area contributed by atoms with Gasteiger partial charge in [-0.3, -0.25) is 4.79 Å². The molecule has 0 amide bonds. The lowest BCUT2D eigenvalue weighted by Crippen LogP contribution is -2.29. The number of phenols is 1. The lowest BCUT2D eigenvalue weighted by Gasteiger charge is -2.26. The largest absolute Gasteiger partial charge is 0.508 e. The summed E-state index contributed by atoms with van der Waals surface area (Å²) >= 11 is 3.96. The van der Waals surface area contributed by atoms with E-state index in [4.69, 9.17) is 0 Å². The van der Waals surface area contributed by atoms with Crippen LogP contribution in [-0.2, 0) is 16.6 Å². The Morgan fingerprint density at radius 2 is 0.981 bits per heavy atom. The fourth-order valence-electron chi connectivity index (χ4n) is 7.81. The van der Waals surface area contributed by atoms with E-state index in [0.717, 1.165) is 34.6 Å². The molecule has 0 saturated heterocycles. The molecule has 0 fully saturated rings. The van der Waals surface area contributed by atoms with Gasteiger partial charge in [0, 0.05) is 5.25 Å². The smallest absolute Gasteiger partial charge is 0.307 e. The van der Waals surface area contributed by atoms with Gasteiger partial charge in [0.15, 0.2) is 0 Å². The fraction of sp³-hybridized carbons (Fsp3) is 0.857. The van der Waals surface area contributed by atoms with Crippen LogP contribution >= 0.6 is 23.5 Å². The number of hydrogen-bond acceptors (Lipinski definition) is 4. The highest BCUT2D eigenvalue weighted by atomic mass is 32.2. The van der Waals surface area contributed by atoms with E-state index < -0.39 is 11.9 Å². The van der Waals surface area contributed by atoms with E-state index in [1.54, 1.807) is 0 Å². The zero-order valence-electron chi connectivity index (χ0n) is 36.8. The second kappa shape index (κ2) is 34.3. The number of rotatable bonds is 38. The summed E-state index contributed by atoms with van der Waals surface area (Å²) in [6, 6.07) is 3.93. The fourth-order valence-corrected chi connectivity index (χ4v) is 10.4. The Morgan fingerprint density at radius 1 is 0.593 bits per heavy atom. The van der Waals surface area contributed by atoms with Crippen LogP contribution in [0.4, 0.5) is 0 Å². The van der Waals surface area contributed by atoms with Crippen molar-refractivity contribution in [3.05, 3.63) is 28.8 Å². The molecular weight excluding hydrogens is 701 g/mol. The molecule has 1 aromatic carbocycles. The summed E-state index contributed by atoms with van der Waals surface area (Å²) < 4.78 is 0. The molecule has 0 heterocycles. The van der Waals surface area contributed by atoms with Crippen molar-refractivity contribution in [2.24, 2.45) is 5.92 Å². The molecule has 5 heteroatoms. The molecule has 2 atom stereocenters. The Bertz CT molecular complexity index is 1020. The molecule has 2 unspecified atom stereocenters. The molecule has 54 heavy (non-hydrogen) atoms. The number of aromatic hydroxyl groups is 1. The van der Waals surface area contributed by atoms with Gasteiger partial charge >= 0.3 is 5.97 Å². The number of carboxylic acids is 1. The average Bonchev–Trinajstić information content (AvgIpc) is 3.12. The van der Waals surface area contributed by atoms with Gasteiger partial charge in [-0.2, -0.15) is 23.5 Å². The van der Waals surface area contributed by atoms with E-state index >= 15 is 0 Å². The predicted molar refractivity (Wildman–Crippen MR) is 245 cm³/mol. The molecule has 0 bridgehead atoms. The van der Waals surface area contributed by atoms with E-state index in [-0.39, 0.29) is 10.7 Å². The molecule has 2 N–H and O–H groups in total. The highest BCUT2D eigenvalue weighted by molar-refractivity contribution is 8.00. The summed E-state index contributed by atoms with van der Waals surface area (Å²) in [5.41, 5.74) is 2.77. The van der Waals surface area contributed by atoms with Crippen LogP contribution in [0.3, 0.4) is 0 Å². The number of benzene rings is 1. The highest BCUT2D eigenvalue weighted by Crippen LogP contribution is 2.36. The third-order valence-corrected chi connectivity index (χ3v) is 14.1. The quantitative estimate of drug-likeness (QED) is 0.0654. The SMILES string of the molecule is CCCCCCCCCCCCCCCCSCCC(SCCCCCCCCCCCCCCCC)C(Cc1cc(C(C)(C)C)c(O)cc1C)C(=O)O. The third-order valence-electron chi connectivity index (χ3n) is 11.5. The average molecular weight is 791 g/mol. The molecule has 0 aliphatic carbocycles. The molecule has 1 aromatic rings. The Labute approximate surface area is 345 Å². The number of hydrogen-bond donors (Lipinski definition) is 2. The lowest BCUT2D eigenvalue weighted by atomic mass is 9.82. The summed E-state index contributed by atoms with van der Waals surface area (Å²) in [5, 5.41) is 21.4. The number of unbranched alkanes of at least 4 members (excludes halogenated alkanes) is 26. The molecule has 0 radical (unpaired) electrons. The molecule has 0 aliphatic heterocycles. The summed E-state index contributed by atoms with van der Waals surface area (Å²) in [6.07, 6.45) is 40.0. The maximum absolute atomic E-state index is 12.9. The van der Waals surface area contributed by atoms with Gasteiger partial charge in [0.05, 0.1) is 5.92 Å². The van der Waals surface area contributed by atoms with Gasteiger partial charge in [-0.25, -0.2) is 0 Å². The summed E-state index contributed by atoms with van der Waals surface area (Å²) in [4.78, 5) is 12.9. The van der Waals surface area contributed by atoms with Gasteiger partial charge in [-0.1, -0.05) is 208 Å². The van der Waals surface area contributed by atoms with Crippen molar-refractivity contribution >= 4 is 29.5 Å². The molecule has 3 nitrogen and oxygen atoms in total. The number of aryl methyl sites for hydroxylation is 1. The van der Waals surface area contributed by atoms with Gasteiger partial charge in [0.2, 0.25) is 0 Å². The zero-order valence-corrected chi connectivity index (χ0v) is 38.4. The van der Waals surface area contributed by atoms with Crippen LogP contribution in [0, 0.1) is 12.8 Å². The first kappa shape index (κ1) is 51.2. The monoisotopic (exact) mass is 791 g/mol. The van der Waals surface area contributed by atoms with Crippen LogP contribution in [0.1, 0.15) is 238 Å². The molecule has 316 valence electrons. The van der Waals surface area contributed by atoms with Crippen molar-refractivity contribution in [1.82, 2.24) is 0 Å². The summed E-state index contributed by atoms with van der Waals surface area (Å²) in [6.45, 7) is 12.9. The molecular formula is C49H90O3S2. The summed E-state index contributed by atoms with van der Waals surface area (Å²) in [5.74, 6) is 2.52. The number of carboxylic acid groups (broad SMARTS) is 1. The maximum Gasteiger partial charge on any atom is 0.307 e. The van der Waals surface area contributed by atoms with Gasteiger partial charge in [-0.15, -0.1) is 0 Å². The Morgan fingerprint density at radius 3 is 1.37 bits per heavy atom. The van der Waals surface area contributed by atoms with Crippen LogP contribution in [0.5, 0.6) is 5.75 Å². The van der Waals surface area contributed by atoms with E-state index in [0.29, 0.717) is 12.2 Å². The predicted octanol–water partition coefficient (Wildman–Crippen LogP) is 16.4. The molecule has 0 spiro atoms. The topological polar surface area (TPSA) is 57.5 Å². The van der Waals surface area contributed by atoms with Gasteiger partial charge in [0.25, 0.3) is 0 Å². The highest BCUT2D eigenvalue weighted by Gasteiger charge is 2.30. The number of carbonyl (C=O) groups is 1. The molecule has 0 aliphatic rings. The third kappa shape index (κ3) is 26.9. The minimum Gasteiger partial charge on any atom is -0.508 e. The first-order valence-electron chi connectivity index (χ1n) is 23.4. The Balaban J connectivity index is 2.48. The van der Waals surface area contributed by atoms with Gasteiger partial charge in [-0.05, 0) is 78.0 Å². The van der Waals surface area contributed by atoms with E-state index in [1.807, 2.05) is 36.5 Å². The standard InChI is InChI=1S/C49H90O3S2/c1-7-9-11-13-15-17-19-21-23-25-27-29-31-33-36-53-38-35-47(54-37-34-32-30-28-26-24-22-20-18-16-14-12-10-8-2)44(48(51)52)40-43-41-45(49(4,5)6)46(50)39-42(43)3/h39,41,44,47,50H,7-38,40H2,1-6H3,(H,51,52).